The number of hydrogen-bond acceptors (Lipinski definition) is 7. The first-order valence-corrected chi connectivity index (χ1v) is 11.1. The number of carbonyl (C=O) groups excluding carboxylic acids is 3. The molecule has 0 aliphatic heterocycles. The van der Waals surface area contributed by atoms with E-state index in [2.05, 4.69) is 15.6 Å². The predicted octanol–water partition coefficient (Wildman–Crippen LogP) is 0.594. The monoisotopic (exact) mass is 514 g/mol. The smallest absolute Gasteiger partial charge is 0.329 e. The average Bonchev–Trinajstić information content (AvgIpc) is 2.85. The lowest BCUT2D eigenvalue weighted by Crippen LogP contribution is -2.48. The Labute approximate surface area is 209 Å². The molecule has 1 heterocycles. The van der Waals surface area contributed by atoms with Crippen LogP contribution in [0.3, 0.4) is 0 Å². The first-order valence-electron chi connectivity index (χ1n) is 10.7. The van der Waals surface area contributed by atoms with E-state index in [1.165, 1.54) is 30.3 Å². The van der Waals surface area contributed by atoms with Crippen molar-refractivity contribution < 1.29 is 29.0 Å². The molecule has 2 aromatic carbocycles. The minimum absolute atomic E-state index is 0.0942. The van der Waals surface area contributed by atoms with Crippen LogP contribution in [0.5, 0.6) is 0 Å². The lowest BCUT2D eigenvalue weighted by molar-refractivity contribution is -0.147. The zero-order chi connectivity index (χ0) is 26.2. The molecule has 2 amide bonds. The predicted molar refractivity (Wildman–Crippen MR) is 131 cm³/mol. The van der Waals surface area contributed by atoms with E-state index in [-0.39, 0.29) is 12.0 Å². The highest BCUT2D eigenvalue weighted by Crippen LogP contribution is 2.17. The molecule has 12 heteroatoms. The zero-order valence-corrected chi connectivity index (χ0v) is 19.6. The fourth-order valence-electron chi connectivity index (χ4n) is 3.34. The van der Waals surface area contributed by atoms with Crippen LogP contribution in [-0.2, 0) is 25.5 Å². The summed E-state index contributed by atoms with van der Waals surface area (Å²) in [7, 11) is 0. The van der Waals surface area contributed by atoms with E-state index in [0.29, 0.717) is 21.5 Å². The van der Waals surface area contributed by atoms with Gasteiger partial charge in [-0.2, -0.15) is 0 Å². The van der Waals surface area contributed by atoms with Crippen molar-refractivity contribution in [1.29, 1.82) is 0 Å². The molecule has 0 bridgehead atoms. The number of nitrogens with two attached hydrogens (primary N) is 1. The van der Waals surface area contributed by atoms with Gasteiger partial charge in [0.25, 0.3) is 5.91 Å². The number of esters is 1. The van der Waals surface area contributed by atoms with Gasteiger partial charge in [0.1, 0.15) is 25.2 Å². The Hall–Kier alpha value is -4.22. The summed E-state index contributed by atoms with van der Waals surface area (Å²) in [6.45, 7) is -1.20. The van der Waals surface area contributed by atoms with E-state index < -0.39 is 54.5 Å². The minimum Gasteiger partial charge on any atom is -0.480 e. The van der Waals surface area contributed by atoms with E-state index in [9.17, 15) is 24.0 Å². The summed E-state index contributed by atoms with van der Waals surface area (Å²) < 4.78 is 5.17. The first kappa shape index (κ1) is 26.4. The number of aliphatic carboxylic acids is 1. The number of H-pyrrole nitrogens is 1. The maximum atomic E-state index is 13.0. The van der Waals surface area contributed by atoms with Gasteiger partial charge in [0.15, 0.2) is 0 Å². The number of nitrogens with one attached hydrogen (secondary N) is 3. The van der Waals surface area contributed by atoms with Crippen molar-refractivity contribution in [2.75, 3.05) is 13.2 Å². The number of benzene rings is 2. The Morgan fingerprint density at radius 1 is 1.08 bits per heavy atom. The molecule has 188 valence electrons. The molecule has 2 atom stereocenters. The lowest BCUT2D eigenvalue weighted by atomic mass is 10.0. The maximum Gasteiger partial charge on any atom is 0.329 e. The average molecular weight is 515 g/mol. The number of ether oxygens (including phenoxy) is 1. The van der Waals surface area contributed by atoms with E-state index in [1.807, 2.05) is 0 Å². The van der Waals surface area contributed by atoms with Gasteiger partial charge in [0.2, 0.25) is 11.5 Å². The van der Waals surface area contributed by atoms with Crippen LogP contribution in [-0.4, -0.2) is 59.1 Å². The van der Waals surface area contributed by atoms with Gasteiger partial charge < -0.3 is 31.2 Å². The van der Waals surface area contributed by atoms with Crippen LogP contribution in [0.15, 0.2) is 59.4 Å². The number of amides is 2. The number of aromatic nitrogens is 1. The number of carboxylic acid groups (broad SMARTS) is 1. The van der Waals surface area contributed by atoms with Crippen LogP contribution in [0.2, 0.25) is 5.02 Å². The maximum absolute atomic E-state index is 13.0. The number of fused-ring (bicyclic) bond motifs is 1. The fraction of sp³-hybridized carbons (Fsp3) is 0.208. The number of carboxylic acids is 1. The van der Waals surface area contributed by atoms with E-state index >= 15 is 0 Å². The number of aromatic amines is 1. The summed E-state index contributed by atoms with van der Waals surface area (Å²) in [6.07, 6.45) is -0.0942. The van der Waals surface area contributed by atoms with Crippen molar-refractivity contribution in [2.24, 2.45) is 5.73 Å². The summed E-state index contributed by atoms with van der Waals surface area (Å²) in [5, 5.41) is 14.4. The molecule has 0 saturated heterocycles. The molecular formula is C24H23ClN4O7. The van der Waals surface area contributed by atoms with Gasteiger partial charge in [0.05, 0.1) is 0 Å². The minimum atomic E-state index is -1.33. The van der Waals surface area contributed by atoms with Gasteiger partial charge >= 0.3 is 11.9 Å². The third-order valence-corrected chi connectivity index (χ3v) is 5.36. The fourth-order valence-corrected chi connectivity index (χ4v) is 3.47. The second-order valence-corrected chi connectivity index (χ2v) is 8.23. The third kappa shape index (κ3) is 7.14. The Bertz CT molecular complexity index is 1340. The summed E-state index contributed by atoms with van der Waals surface area (Å²) in [6, 6.07) is 11.7. The number of hydrogen-bond donors (Lipinski definition) is 5. The number of halogens is 1. The molecule has 1 unspecified atom stereocenters. The van der Waals surface area contributed by atoms with Gasteiger partial charge in [-0.1, -0.05) is 29.8 Å². The largest absolute Gasteiger partial charge is 0.480 e. The second-order valence-electron chi connectivity index (χ2n) is 7.79. The quantitative estimate of drug-likeness (QED) is 0.244. The van der Waals surface area contributed by atoms with Crippen LogP contribution >= 0.6 is 11.6 Å². The van der Waals surface area contributed by atoms with Gasteiger partial charge in [-0.15, -0.1) is 0 Å². The van der Waals surface area contributed by atoms with Gasteiger partial charge in [-0.3, -0.25) is 19.2 Å². The normalized spacial score (nSPS) is 12.4. The van der Waals surface area contributed by atoms with Crippen molar-refractivity contribution in [3.63, 3.8) is 0 Å². The van der Waals surface area contributed by atoms with Crippen molar-refractivity contribution in [3.05, 3.63) is 81.1 Å². The summed E-state index contributed by atoms with van der Waals surface area (Å²) in [4.78, 5) is 63.1. The Balaban J connectivity index is 1.81. The summed E-state index contributed by atoms with van der Waals surface area (Å²) in [5.41, 5.74) is 6.55. The topological polar surface area (TPSA) is 181 Å². The number of para-hydroxylation sites is 1. The molecule has 1 aromatic heterocycles. The highest BCUT2D eigenvalue weighted by Gasteiger charge is 2.26. The molecule has 0 radical (unpaired) electrons. The molecular weight excluding hydrogens is 492 g/mol. The SMILES string of the molecule is N[C@@H](COC(=O)C(Cc1cc(=O)[nH]c2ccccc12)NC(=O)c1ccc(Cl)cc1)C(=O)NCC(=O)O. The van der Waals surface area contributed by atoms with Crippen LogP contribution < -0.4 is 21.9 Å². The highest BCUT2D eigenvalue weighted by atomic mass is 35.5. The molecule has 3 rings (SSSR count). The number of pyridine rings is 1. The zero-order valence-electron chi connectivity index (χ0n) is 18.8. The molecule has 0 saturated carbocycles. The van der Waals surface area contributed by atoms with E-state index in [1.54, 1.807) is 24.3 Å². The lowest BCUT2D eigenvalue weighted by Gasteiger charge is -2.20. The van der Waals surface area contributed by atoms with Crippen molar-refractivity contribution in [2.45, 2.75) is 18.5 Å². The van der Waals surface area contributed by atoms with E-state index in [4.69, 9.17) is 27.2 Å². The number of carbonyl (C=O) groups is 4. The van der Waals surface area contributed by atoms with Gasteiger partial charge in [-0.25, -0.2) is 4.79 Å². The molecule has 36 heavy (non-hydrogen) atoms. The van der Waals surface area contributed by atoms with Crippen LogP contribution in [0.25, 0.3) is 10.9 Å². The van der Waals surface area contributed by atoms with Crippen molar-refractivity contribution in [3.8, 4) is 0 Å². The van der Waals surface area contributed by atoms with Crippen molar-refractivity contribution in [1.82, 2.24) is 15.6 Å². The second kappa shape index (κ2) is 12.0. The highest BCUT2D eigenvalue weighted by molar-refractivity contribution is 6.30. The Morgan fingerprint density at radius 2 is 1.78 bits per heavy atom. The Kier molecular flexibility index (Phi) is 8.76. The first-order chi connectivity index (χ1) is 17.1. The van der Waals surface area contributed by atoms with Gasteiger partial charge in [-0.05, 0) is 35.9 Å². The molecule has 6 N–H and O–H groups in total. The summed E-state index contributed by atoms with van der Waals surface area (Å²) in [5.74, 6) is -3.58. The molecule has 0 aliphatic carbocycles. The van der Waals surface area contributed by atoms with Crippen molar-refractivity contribution >= 4 is 46.3 Å². The summed E-state index contributed by atoms with van der Waals surface area (Å²) >= 11 is 5.87. The van der Waals surface area contributed by atoms with E-state index in [0.717, 1.165) is 0 Å². The Morgan fingerprint density at radius 3 is 2.47 bits per heavy atom. The number of rotatable bonds is 10. The van der Waals surface area contributed by atoms with Crippen LogP contribution in [0, 0.1) is 0 Å². The molecule has 0 spiro atoms. The standard InChI is InChI=1S/C24H23ClN4O7/c25-15-7-5-13(6-8-15)22(33)29-19(24(35)36-12-17(26)23(34)27-11-21(31)32)9-14-10-20(30)28-18-4-2-1-3-16(14)18/h1-8,10,17,19H,9,11-12,26H2,(H,27,34)(H,28,30)(H,29,33)(H,31,32)/t17-,19?/m0/s1. The van der Waals surface area contributed by atoms with Crippen LogP contribution in [0.1, 0.15) is 15.9 Å². The molecule has 11 nitrogen and oxygen atoms in total. The third-order valence-electron chi connectivity index (χ3n) is 5.11. The van der Waals surface area contributed by atoms with Crippen LogP contribution in [0.4, 0.5) is 0 Å². The molecule has 3 aromatic rings. The van der Waals surface area contributed by atoms with Gasteiger partial charge in [0, 0.05) is 34.0 Å². The molecule has 0 fully saturated rings. The molecule has 0 aliphatic rings.